The summed E-state index contributed by atoms with van der Waals surface area (Å²) in [7, 11) is 0. The molecular formula is C19H24FNO2. The van der Waals surface area contributed by atoms with Crippen LogP contribution in [0.3, 0.4) is 0 Å². The first-order valence-corrected chi connectivity index (χ1v) is 8.72. The van der Waals surface area contributed by atoms with E-state index >= 15 is 0 Å². The number of ether oxygens (including phenoxy) is 1. The van der Waals surface area contributed by atoms with Crippen molar-refractivity contribution in [2.45, 2.75) is 44.6 Å². The molecule has 124 valence electrons. The van der Waals surface area contributed by atoms with Crippen molar-refractivity contribution in [2.75, 3.05) is 19.8 Å². The molecule has 1 saturated carbocycles. The molecule has 3 nitrogen and oxygen atoms in total. The molecule has 1 aromatic carbocycles. The summed E-state index contributed by atoms with van der Waals surface area (Å²) in [5, 5.41) is 0. The molecule has 0 unspecified atom stereocenters. The molecule has 2 aliphatic heterocycles. The van der Waals surface area contributed by atoms with Crippen LogP contribution in [0.15, 0.2) is 24.3 Å². The van der Waals surface area contributed by atoms with Gasteiger partial charge in [-0.2, -0.15) is 0 Å². The van der Waals surface area contributed by atoms with Crippen molar-refractivity contribution in [1.82, 2.24) is 4.90 Å². The number of carbonyl (C=O) groups excluding carboxylic acids is 1. The summed E-state index contributed by atoms with van der Waals surface area (Å²) in [5.41, 5.74) is 1.37. The maximum absolute atomic E-state index is 13.0. The summed E-state index contributed by atoms with van der Waals surface area (Å²) in [5.74, 6) is 0.652. The summed E-state index contributed by atoms with van der Waals surface area (Å²) < 4.78 is 18.7. The van der Waals surface area contributed by atoms with Crippen molar-refractivity contribution in [1.29, 1.82) is 0 Å². The first-order chi connectivity index (χ1) is 11.1. The highest BCUT2D eigenvalue weighted by Gasteiger charge is 2.58. The van der Waals surface area contributed by atoms with Crippen LogP contribution in [0.1, 0.15) is 44.1 Å². The monoisotopic (exact) mass is 317 g/mol. The number of hydrogen-bond acceptors (Lipinski definition) is 2. The van der Waals surface area contributed by atoms with Gasteiger partial charge in [0.05, 0.1) is 19.3 Å². The van der Waals surface area contributed by atoms with Crippen molar-refractivity contribution in [2.24, 2.45) is 11.3 Å². The second-order valence-corrected chi connectivity index (χ2v) is 7.61. The number of halogens is 1. The summed E-state index contributed by atoms with van der Waals surface area (Å²) in [4.78, 5) is 15.0. The predicted octanol–water partition coefficient (Wildman–Crippen LogP) is 3.35. The van der Waals surface area contributed by atoms with Crippen LogP contribution in [-0.4, -0.2) is 36.6 Å². The van der Waals surface area contributed by atoms with Gasteiger partial charge in [-0.05, 0) is 41.9 Å². The molecule has 0 radical (unpaired) electrons. The molecule has 1 aromatic rings. The van der Waals surface area contributed by atoms with Crippen LogP contribution in [0.25, 0.3) is 0 Å². The lowest BCUT2D eigenvalue weighted by molar-refractivity contribution is -0.133. The number of nitrogens with zero attached hydrogens (tertiary/aromatic N) is 1. The molecule has 3 atom stereocenters. The van der Waals surface area contributed by atoms with Crippen LogP contribution < -0.4 is 0 Å². The Bertz CT molecular complexity index is 596. The Morgan fingerprint density at radius 1 is 1.35 bits per heavy atom. The van der Waals surface area contributed by atoms with Gasteiger partial charge in [-0.25, -0.2) is 4.39 Å². The summed E-state index contributed by atoms with van der Waals surface area (Å²) in [6, 6.07) is 6.79. The SMILES string of the molecule is C[C@H](CC(=O)N1CC2(CCC2)[C@H]2COC[C@H]21)c1ccc(F)cc1. The summed E-state index contributed by atoms with van der Waals surface area (Å²) >= 11 is 0. The van der Waals surface area contributed by atoms with Gasteiger partial charge in [0.15, 0.2) is 0 Å². The third kappa shape index (κ3) is 2.47. The highest BCUT2D eigenvalue weighted by Crippen LogP contribution is 2.55. The lowest BCUT2D eigenvalue weighted by Crippen LogP contribution is -2.40. The van der Waals surface area contributed by atoms with Crippen LogP contribution in [0.4, 0.5) is 4.39 Å². The number of benzene rings is 1. The molecule has 3 fully saturated rings. The van der Waals surface area contributed by atoms with Crippen molar-refractivity contribution in [3.8, 4) is 0 Å². The lowest BCUT2D eigenvalue weighted by Gasteiger charge is -2.42. The minimum Gasteiger partial charge on any atom is -0.379 e. The first-order valence-electron chi connectivity index (χ1n) is 8.72. The zero-order valence-corrected chi connectivity index (χ0v) is 13.6. The van der Waals surface area contributed by atoms with Gasteiger partial charge < -0.3 is 9.64 Å². The summed E-state index contributed by atoms with van der Waals surface area (Å²) in [6.45, 7) is 4.48. The van der Waals surface area contributed by atoms with E-state index in [4.69, 9.17) is 4.74 Å². The predicted molar refractivity (Wildman–Crippen MR) is 85.5 cm³/mol. The molecule has 2 saturated heterocycles. The quantitative estimate of drug-likeness (QED) is 0.855. The maximum atomic E-state index is 13.0. The van der Waals surface area contributed by atoms with E-state index in [1.54, 1.807) is 12.1 Å². The zero-order chi connectivity index (χ0) is 16.0. The molecule has 0 bridgehead atoms. The third-order valence-corrected chi connectivity index (χ3v) is 6.31. The number of amides is 1. The van der Waals surface area contributed by atoms with E-state index in [9.17, 15) is 9.18 Å². The second kappa shape index (κ2) is 5.59. The minimum absolute atomic E-state index is 0.113. The number of hydrogen-bond donors (Lipinski definition) is 0. The number of rotatable bonds is 3. The van der Waals surface area contributed by atoms with Crippen molar-refractivity contribution in [3.05, 3.63) is 35.6 Å². The fourth-order valence-electron chi connectivity index (χ4n) is 4.73. The van der Waals surface area contributed by atoms with Crippen LogP contribution in [-0.2, 0) is 9.53 Å². The van der Waals surface area contributed by atoms with E-state index in [2.05, 4.69) is 4.90 Å². The molecule has 23 heavy (non-hydrogen) atoms. The lowest BCUT2D eigenvalue weighted by atomic mass is 9.62. The van der Waals surface area contributed by atoms with Gasteiger partial charge >= 0.3 is 0 Å². The van der Waals surface area contributed by atoms with Gasteiger partial charge in [0.2, 0.25) is 5.91 Å². The Labute approximate surface area is 136 Å². The number of carbonyl (C=O) groups is 1. The topological polar surface area (TPSA) is 29.5 Å². The fraction of sp³-hybridized carbons (Fsp3) is 0.632. The van der Waals surface area contributed by atoms with Crippen molar-refractivity contribution >= 4 is 5.91 Å². The molecule has 4 rings (SSSR count). The van der Waals surface area contributed by atoms with Crippen LogP contribution in [0.2, 0.25) is 0 Å². The van der Waals surface area contributed by atoms with Gasteiger partial charge in [0.1, 0.15) is 5.82 Å². The largest absolute Gasteiger partial charge is 0.379 e. The molecule has 0 aromatic heterocycles. The Morgan fingerprint density at radius 3 is 2.74 bits per heavy atom. The first kappa shape index (κ1) is 15.1. The average molecular weight is 317 g/mol. The van der Waals surface area contributed by atoms with E-state index in [1.807, 2.05) is 6.92 Å². The fourth-order valence-corrected chi connectivity index (χ4v) is 4.73. The van der Waals surface area contributed by atoms with E-state index in [0.29, 0.717) is 24.4 Å². The van der Waals surface area contributed by atoms with E-state index in [1.165, 1.54) is 31.4 Å². The maximum Gasteiger partial charge on any atom is 0.223 e. The Balaban J connectivity index is 1.45. The molecule has 1 aliphatic carbocycles. The van der Waals surface area contributed by atoms with Crippen LogP contribution in [0.5, 0.6) is 0 Å². The van der Waals surface area contributed by atoms with Crippen molar-refractivity contribution in [3.63, 3.8) is 0 Å². The third-order valence-electron chi connectivity index (χ3n) is 6.31. The molecule has 4 heteroatoms. The summed E-state index contributed by atoms with van der Waals surface area (Å²) in [6.07, 6.45) is 4.27. The minimum atomic E-state index is -0.232. The molecule has 0 N–H and O–H groups in total. The van der Waals surface area contributed by atoms with Gasteiger partial charge in [0, 0.05) is 18.9 Å². The van der Waals surface area contributed by atoms with Gasteiger partial charge in [-0.1, -0.05) is 25.5 Å². The average Bonchev–Trinajstić information content (AvgIpc) is 3.07. The van der Waals surface area contributed by atoms with Crippen molar-refractivity contribution < 1.29 is 13.9 Å². The Kier molecular flexibility index (Phi) is 3.67. The van der Waals surface area contributed by atoms with Crippen LogP contribution >= 0.6 is 0 Å². The molecule has 2 heterocycles. The molecule has 3 aliphatic rings. The molecule has 1 amide bonds. The smallest absolute Gasteiger partial charge is 0.223 e. The highest BCUT2D eigenvalue weighted by molar-refractivity contribution is 5.78. The van der Waals surface area contributed by atoms with E-state index in [0.717, 1.165) is 18.7 Å². The number of likely N-dealkylation sites (tertiary alicyclic amines) is 1. The Hall–Kier alpha value is -1.42. The van der Waals surface area contributed by atoms with Crippen LogP contribution in [0, 0.1) is 17.2 Å². The normalized spacial score (nSPS) is 29.4. The highest BCUT2D eigenvalue weighted by atomic mass is 19.1. The second-order valence-electron chi connectivity index (χ2n) is 7.61. The standard InChI is InChI=1S/C19H24FNO2/c1-13(14-3-5-15(20)6-4-14)9-18(22)21-12-19(7-2-8-19)16-10-23-11-17(16)21/h3-6,13,16-17H,2,7-12H2,1H3/t13-,16+,17-/m1/s1. The van der Waals surface area contributed by atoms with E-state index < -0.39 is 0 Å². The molecule has 1 spiro atoms. The van der Waals surface area contributed by atoms with E-state index in [-0.39, 0.29) is 23.7 Å². The van der Waals surface area contributed by atoms with Gasteiger partial charge in [0.25, 0.3) is 0 Å². The Morgan fingerprint density at radius 2 is 2.09 bits per heavy atom. The van der Waals surface area contributed by atoms with Gasteiger partial charge in [-0.15, -0.1) is 0 Å². The zero-order valence-electron chi connectivity index (χ0n) is 13.6. The van der Waals surface area contributed by atoms with Gasteiger partial charge in [-0.3, -0.25) is 4.79 Å². The molecular weight excluding hydrogens is 293 g/mol. The number of fused-ring (bicyclic) bond motifs is 2.